The van der Waals surface area contributed by atoms with Crippen LogP contribution in [0.1, 0.15) is 31.0 Å². The smallest absolute Gasteiger partial charge is 0.317 e. The van der Waals surface area contributed by atoms with E-state index in [4.69, 9.17) is 26.4 Å². The van der Waals surface area contributed by atoms with Gasteiger partial charge in [-0.3, -0.25) is 9.69 Å². The largest absolute Gasteiger partial charge is 0.493 e. The van der Waals surface area contributed by atoms with E-state index in [1.807, 2.05) is 61.2 Å². The highest BCUT2D eigenvalue weighted by atomic mass is 32.1. The highest BCUT2D eigenvalue weighted by Crippen LogP contribution is 2.52. The highest BCUT2D eigenvalue weighted by molar-refractivity contribution is 7.80. The van der Waals surface area contributed by atoms with Crippen molar-refractivity contribution >= 4 is 29.0 Å². The first-order chi connectivity index (χ1) is 13.9. The molecule has 7 heteroatoms. The number of nitrogens with zero attached hydrogens (tertiary/aromatic N) is 1. The number of hydrogen-bond acceptors (Lipinski definition) is 5. The summed E-state index contributed by atoms with van der Waals surface area (Å²) in [5.74, 6) is 0.255. The lowest BCUT2D eigenvalue weighted by Crippen LogP contribution is -2.71. The maximum absolute atomic E-state index is 13.1. The second-order valence-corrected chi connectivity index (χ2v) is 7.75. The van der Waals surface area contributed by atoms with E-state index < -0.39 is 11.6 Å². The molecule has 2 aromatic rings. The molecule has 1 N–H and O–H groups in total. The number of methoxy groups -OCH3 is 1. The van der Waals surface area contributed by atoms with E-state index in [2.05, 4.69) is 5.32 Å². The van der Waals surface area contributed by atoms with Gasteiger partial charge in [-0.15, -0.1) is 0 Å². The van der Waals surface area contributed by atoms with Gasteiger partial charge in [0, 0.05) is 11.3 Å². The minimum absolute atomic E-state index is 0.290. The van der Waals surface area contributed by atoms with E-state index in [0.29, 0.717) is 16.6 Å². The Bertz CT molecular complexity index is 962. The number of carbonyl (C=O) groups excluding carboxylic acids is 1. The number of carbonyl (C=O) groups is 1. The van der Waals surface area contributed by atoms with Gasteiger partial charge in [-0.1, -0.05) is 29.8 Å². The van der Waals surface area contributed by atoms with Crippen LogP contribution in [-0.4, -0.2) is 30.5 Å². The van der Waals surface area contributed by atoms with Gasteiger partial charge in [0.2, 0.25) is 5.72 Å². The van der Waals surface area contributed by atoms with Gasteiger partial charge in [-0.05, 0) is 51.2 Å². The van der Waals surface area contributed by atoms with Gasteiger partial charge in [0.25, 0.3) is 0 Å². The van der Waals surface area contributed by atoms with Crippen molar-refractivity contribution in [2.75, 3.05) is 18.6 Å². The summed E-state index contributed by atoms with van der Waals surface area (Å²) in [6.07, 6.45) is 0. The lowest BCUT2D eigenvalue weighted by atomic mass is 9.79. The number of benzene rings is 2. The predicted octanol–water partition coefficient (Wildman–Crippen LogP) is 3.73. The number of nitrogens with one attached hydrogen (secondary N) is 1. The third kappa shape index (κ3) is 3.00. The van der Waals surface area contributed by atoms with Crippen LogP contribution in [0.3, 0.4) is 0 Å². The van der Waals surface area contributed by atoms with Crippen molar-refractivity contribution in [3.63, 3.8) is 0 Å². The second kappa shape index (κ2) is 7.22. The fraction of sp³-hybridized carbons (Fsp3) is 0.364. The summed E-state index contributed by atoms with van der Waals surface area (Å²) in [4.78, 5) is 14.9. The number of aryl methyl sites for hydroxylation is 1. The van der Waals surface area contributed by atoms with Crippen LogP contribution < -0.4 is 19.7 Å². The van der Waals surface area contributed by atoms with Gasteiger partial charge in [0.05, 0.1) is 19.8 Å². The summed E-state index contributed by atoms with van der Waals surface area (Å²) < 4.78 is 17.5. The van der Waals surface area contributed by atoms with Crippen LogP contribution in [-0.2, 0) is 9.53 Å². The number of rotatable bonds is 4. The molecule has 1 fully saturated rings. The maximum atomic E-state index is 13.1. The SMILES string of the molecule is CCOC(=O)[C@@H]1[C@H]2NC(=S)N(c3ccc(C)cc3)[C@@]1(C)Oc1c(OC)cccc12. The van der Waals surface area contributed by atoms with Crippen LogP contribution in [0.5, 0.6) is 11.5 Å². The quantitative estimate of drug-likeness (QED) is 0.607. The van der Waals surface area contributed by atoms with Gasteiger partial charge < -0.3 is 19.5 Å². The van der Waals surface area contributed by atoms with Crippen molar-refractivity contribution in [1.29, 1.82) is 0 Å². The van der Waals surface area contributed by atoms with E-state index >= 15 is 0 Å². The van der Waals surface area contributed by atoms with Crippen LogP contribution in [0.25, 0.3) is 0 Å². The molecule has 4 rings (SSSR count). The zero-order valence-electron chi connectivity index (χ0n) is 16.9. The molecular formula is C22H24N2O4S. The van der Waals surface area contributed by atoms with E-state index in [1.165, 1.54) is 0 Å². The molecule has 3 atom stereocenters. The highest BCUT2D eigenvalue weighted by Gasteiger charge is 2.60. The fourth-order valence-electron chi connectivity index (χ4n) is 4.21. The van der Waals surface area contributed by atoms with Crippen molar-refractivity contribution in [3.05, 3.63) is 53.6 Å². The number of esters is 1. The topological polar surface area (TPSA) is 60.0 Å². The predicted molar refractivity (Wildman–Crippen MR) is 114 cm³/mol. The summed E-state index contributed by atoms with van der Waals surface area (Å²) in [5.41, 5.74) is 1.70. The Kier molecular flexibility index (Phi) is 4.86. The Morgan fingerprint density at radius 3 is 2.66 bits per heavy atom. The zero-order valence-corrected chi connectivity index (χ0v) is 17.7. The van der Waals surface area contributed by atoms with E-state index in [-0.39, 0.29) is 18.6 Å². The molecule has 0 radical (unpaired) electrons. The second-order valence-electron chi connectivity index (χ2n) is 7.36. The molecule has 6 nitrogen and oxygen atoms in total. The molecule has 2 aliphatic rings. The summed E-state index contributed by atoms with van der Waals surface area (Å²) in [6, 6.07) is 13.2. The van der Waals surface area contributed by atoms with Crippen LogP contribution in [0.15, 0.2) is 42.5 Å². The Morgan fingerprint density at radius 2 is 2.00 bits per heavy atom. The van der Waals surface area contributed by atoms with E-state index in [1.54, 1.807) is 14.0 Å². The van der Waals surface area contributed by atoms with Crippen molar-refractivity contribution in [1.82, 2.24) is 5.32 Å². The molecule has 2 aliphatic heterocycles. The molecular weight excluding hydrogens is 388 g/mol. The van der Waals surface area contributed by atoms with Crippen molar-refractivity contribution in [3.8, 4) is 11.5 Å². The summed E-state index contributed by atoms with van der Waals surface area (Å²) in [5, 5.41) is 3.85. The van der Waals surface area contributed by atoms with Gasteiger partial charge in [0.1, 0.15) is 5.92 Å². The molecule has 0 saturated carbocycles. The van der Waals surface area contributed by atoms with Crippen LogP contribution in [0, 0.1) is 12.8 Å². The van der Waals surface area contributed by atoms with E-state index in [9.17, 15) is 4.79 Å². The molecule has 2 bridgehead atoms. The molecule has 29 heavy (non-hydrogen) atoms. The Hall–Kier alpha value is -2.80. The summed E-state index contributed by atoms with van der Waals surface area (Å²) in [7, 11) is 1.60. The first-order valence-corrected chi connectivity index (χ1v) is 10.0. The lowest BCUT2D eigenvalue weighted by Gasteiger charge is -2.55. The molecule has 0 spiro atoms. The molecule has 0 aliphatic carbocycles. The summed E-state index contributed by atoms with van der Waals surface area (Å²) >= 11 is 5.71. The van der Waals surface area contributed by atoms with Crippen LogP contribution in [0.4, 0.5) is 5.69 Å². The van der Waals surface area contributed by atoms with Crippen molar-refractivity contribution < 1.29 is 19.0 Å². The molecule has 0 unspecified atom stereocenters. The summed E-state index contributed by atoms with van der Waals surface area (Å²) in [6.45, 7) is 5.99. The van der Waals surface area contributed by atoms with Crippen molar-refractivity contribution in [2.45, 2.75) is 32.5 Å². The Balaban J connectivity index is 1.91. The van der Waals surface area contributed by atoms with Gasteiger partial charge in [-0.2, -0.15) is 0 Å². The normalized spacial score (nSPS) is 24.8. The lowest BCUT2D eigenvalue weighted by molar-refractivity contribution is -0.159. The molecule has 2 aromatic carbocycles. The average Bonchev–Trinajstić information content (AvgIpc) is 2.68. The Labute approximate surface area is 175 Å². The van der Waals surface area contributed by atoms with Gasteiger partial charge >= 0.3 is 5.97 Å². The molecule has 152 valence electrons. The first-order valence-electron chi connectivity index (χ1n) is 9.60. The number of ether oxygens (including phenoxy) is 3. The maximum Gasteiger partial charge on any atom is 0.317 e. The third-order valence-corrected chi connectivity index (χ3v) is 5.84. The van der Waals surface area contributed by atoms with E-state index in [0.717, 1.165) is 16.8 Å². The van der Waals surface area contributed by atoms with Crippen LogP contribution in [0.2, 0.25) is 0 Å². The first kappa shape index (κ1) is 19.5. The monoisotopic (exact) mass is 412 g/mol. The van der Waals surface area contributed by atoms with Crippen LogP contribution >= 0.6 is 12.2 Å². The number of para-hydroxylation sites is 1. The Morgan fingerprint density at radius 1 is 1.28 bits per heavy atom. The number of hydrogen-bond donors (Lipinski definition) is 1. The fourth-order valence-corrected chi connectivity index (χ4v) is 4.62. The standard InChI is InChI=1S/C22H24N2O4S/c1-5-27-20(25)17-18-15-7-6-8-16(26-4)19(15)28-22(17,3)24(21(29)23-18)14-11-9-13(2)10-12-14/h6-12,17-18H,5H2,1-4H3,(H,23,29)/t17-,18-,22-/m0/s1. The van der Waals surface area contributed by atoms with Gasteiger partial charge in [0.15, 0.2) is 16.6 Å². The number of fused-ring (bicyclic) bond motifs is 4. The molecule has 1 saturated heterocycles. The van der Waals surface area contributed by atoms with Gasteiger partial charge in [-0.25, -0.2) is 0 Å². The molecule has 0 aromatic heterocycles. The third-order valence-electron chi connectivity index (χ3n) is 5.54. The minimum atomic E-state index is -1.09. The zero-order chi connectivity index (χ0) is 20.8. The number of anilines is 1. The number of thiocarbonyl (C=S) groups is 1. The van der Waals surface area contributed by atoms with Crippen molar-refractivity contribution in [2.24, 2.45) is 5.92 Å². The molecule has 0 amide bonds. The minimum Gasteiger partial charge on any atom is -0.493 e. The molecule has 2 heterocycles. The average molecular weight is 413 g/mol.